The van der Waals surface area contributed by atoms with Crippen LogP contribution in [0.15, 0.2) is 34.9 Å². The smallest absolute Gasteiger partial charge is 0.305 e. The van der Waals surface area contributed by atoms with Gasteiger partial charge in [0.2, 0.25) is 0 Å². The molecule has 0 spiro atoms. The van der Waals surface area contributed by atoms with Crippen molar-refractivity contribution in [1.82, 2.24) is 14.7 Å². The predicted octanol–water partition coefficient (Wildman–Crippen LogP) is 2.49. The molecule has 0 saturated heterocycles. The van der Waals surface area contributed by atoms with Gasteiger partial charge in [-0.05, 0) is 31.2 Å². The van der Waals surface area contributed by atoms with E-state index in [2.05, 4.69) is 21.0 Å². The molecule has 0 bridgehead atoms. The van der Waals surface area contributed by atoms with Crippen LogP contribution < -0.4 is 0 Å². The van der Waals surface area contributed by atoms with Crippen molar-refractivity contribution >= 4 is 27.8 Å². The Labute approximate surface area is 136 Å². The number of aliphatic carboxylic acids is 1. The van der Waals surface area contributed by atoms with Crippen LogP contribution in [-0.2, 0) is 4.79 Å². The highest BCUT2D eigenvalue weighted by Crippen LogP contribution is 2.16. The lowest BCUT2D eigenvalue weighted by Gasteiger charge is -2.15. The number of benzene rings is 1. The van der Waals surface area contributed by atoms with Crippen molar-refractivity contribution in [3.63, 3.8) is 0 Å². The Morgan fingerprint density at radius 3 is 2.55 bits per heavy atom. The molecule has 0 radical (unpaired) electrons. The van der Waals surface area contributed by atoms with Gasteiger partial charge >= 0.3 is 5.97 Å². The van der Waals surface area contributed by atoms with E-state index in [1.165, 1.54) is 4.90 Å². The van der Waals surface area contributed by atoms with Gasteiger partial charge in [0.1, 0.15) is 0 Å². The third kappa shape index (κ3) is 3.73. The summed E-state index contributed by atoms with van der Waals surface area (Å²) < 4.78 is 2.60. The molecule has 0 fully saturated rings. The van der Waals surface area contributed by atoms with Crippen molar-refractivity contribution in [1.29, 1.82) is 0 Å². The monoisotopic (exact) mass is 365 g/mol. The zero-order chi connectivity index (χ0) is 16.3. The second-order valence-electron chi connectivity index (χ2n) is 4.92. The van der Waals surface area contributed by atoms with Gasteiger partial charge < -0.3 is 10.0 Å². The van der Waals surface area contributed by atoms with Crippen LogP contribution in [0.3, 0.4) is 0 Å². The van der Waals surface area contributed by atoms with Crippen LogP contribution in [0.25, 0.3) is 5.69 Å². The number of nitrogens with zero attached hydrogens (tertiary/aromatic N) is 3. The van der Waals surface area contributed by atoms with Crippen molar-refractivity contribution in [2.45, 2.75) is 13.3 Å². The first kappa shape index (κ1) is 16.2. The maximum atomic E-state index is 12.3. The van der Waals surface area contributed by atoms with Gasteiger partial charge in [0.15, 0.2) is 0 Å². The number of amides is 1. The molecule has 1 N–H and O–H groups in total. The van der Waals surface area contributed by atoms with E-state index in [4.69, 9.17) is 5.11 Å². The average molecular weight is 366 g/mol. The Morgan fingerprint density at radius 1 is 1.32 bits per heavy atom. The van der Waals surface area contributed by atoms with E-state index in [9.17, 15) is 9.59 Å². The van der Waals surface area contributed by atoms with Gasteiger partial charge in [0.25, 0.3) is 5.91 Å². The summed E-state index contributed by atoms with van der Waals surface area (Å²) in [6, 6.07) is 7.57. The van der Waals surface area contributed by atoms with Crippen molar-refractivity contribution in [3.05, 3.63) is 46.2 Å². The van der Waals surface area contributed by atoms with E-state index in [1.54, 1.807) is 24.9 Å². The second kappa shape index (κ2) is 6.74. The largest absolute Gasteiger partial charge is 0.481 e. The second-order valence-corrected chi connectivity index (χ2v) is 5.84. The van der Waals surface area contributed by atoms with Crippen molar-refractivity contribution in [2.75, 3.05) is 13.6 Å². The van der Waals surface area contributed by atoms with Gasteiger partial charge in [-0.2, -0.15) is 5.10 Å². The number of carbonyl (C=O) groups excluding carboxylic acids is 1. The highest BCUT2D eigenvalue weighted by molar-refractivity contribution is 9.10. The number of halogens is 1. The Bertz CT molecular complexity index is 695. The third-order valence-electron chi connectivity index (χ3n) is 3.23. The summed E-state index contributed by atoms with van der Waals surface area (Å²) in [5.41, 5.74) is 1.92. The number of rotatable bonds is 5. The normalized spacial score (nSPS) is 10.5. The molecule has 0 unspecified atom stereocenters. The number of hydrogen-bond acceptors (Lipinski definition) is 3. The van der Waals surface area contributed by atoms with Crippen LogP contribution in [0.1, 0.15) is 22.5 Å². The molecule has 6 nitrogen and oxygen atoms in total. The van der Waals surface area contributed by atoms with Gasteiger partial charge in [-0.15, -0.1) is 0 Å². The zero-order valence-electron chi connectivity index (χ0n) is 12.3. The van der Waals surface area contributed by atoms with Crippen LogP contribution >= 0.6 is 15.9 Å². The summed E-state index contributed by atoms with van der Waals surface area (Å²) >= 11 is 3.37. The Morgan fingerprint density at radius 2 is 1.95 bits per heavy atom. The van der Waals surface area contributed by atoms with Crippen molar-refractivity contribution in [3.8, 4) is 5.69 Å². The molecule has 2 aromatic rings. The molecule has 0 aliphatic rings. The summed E-state index contributed by atoms with van der Waals surface area (Å²) in [6.07, 6.45) is 1.58. The van der Waals surface area contributed by atoms with Crippen LogP contribution in [0.2, 0.25) is 0 Å². The summed E-state index contributed by atoms with van der Waals surface area (Å²) in [5.74, 6) is -1.16. The topological polar surface area (TPSA) is 75.4 Å². The van der Waals surface area contributed by atoms with Crippen LogP contribution in [0.4, 0.5) is 0 Å². The molecule has 1 aromatic carbocycles. The summed E-state index contributed by atoms with van der Waals surface area (Å²) in [5, 5.41) is 13.0. The quantitative estimate of drug-likeness (QED) is 0.882. The third-order valence-corrected chi connectivity index (χ3v) is 3.76. The lowest BCUT2D eigenvalue weighted by atomic mass is 10.2. The molecule has 1 aromatic heterocycles. The van der Waals surface area contributed by atoms with Gasteiger partial charge in [0.05, 0.1) is 23.4 Å². The SMILES string of the molecule is Cc1nn(-c2ccc(Br)cc2)cc1C(=O)N(C)CCC(=O)O. The summed E-state index contributed by atoms with van der Waals surface area (Å²) in [6.45, 7) is 1.92. The lowest BCUT2D eigenvalue weighted by Crippen LogP contribution is -2.29. The van der Waals surface area contributed by atoms with E-state index < -0.39 is 5.97 Å². The maximum absolute atomic E-state index is 12.3. The first-order valence-corrected chi connectivity index (χ1v) is 7.47. The number of carbonyl (C=O) groups is 2. The number of hydrogen-bond donors (Lipinski definition) is 1. The molecule has 1 amide bonds. The Kier molecular flexibility index (Phi) is 4.97. The van der Waals surface area contributed by atoms with Gasteiger partial charge in [-0.3, -0.25) is 9.59 Å². The highest BCUT2D eigenvalue weighted by Gasteiger charge is 2.18. The number of aromatic nitrogens is 2. The van der Waals surface area contributed by atoms with Crippen LogP contribution in [-0.4, -0.2) is 45.3 Å². The zero-order valence-corrected chi connectivity index (χ0v) is 13.9. The molecule has 0 saturated carbocycles. The molecule has 0 atom stereocenters. The fraction of sp³-hybridized carbons (Fsp3) is 0.267. The molecular weight excluding hydrogens is 350 g/mol. The minimum absolute atomic E-state index is 0.0812. The Balaban J connectivity index is 2.20. The maximum Gasteiger partial charge on any atom is 0.305 e. The molecule has 22 heavy (non-hydrogen) atoms. The van der Waals surface area contributed by atoms with Crippen LogP contribution in [0, 0.1) is 6.92 Å². The van der Waals surface area contributed by atoms with E-state index >= 15 is 0 Å². The standard InChI is InChI=1S/C15H16BrN3O3/c1-10-13(15(22)18(2)8-7-14(20)21)9-19(17-10)12-5-3-11(16)4-6-12/h3-6,9H,7-8H2,1-2H3,(H,20,21). The fourth-order valence-corrected chi connectivity index (χ4v) is 2.23. The van der Waals surface area contributed by atoms with E-state index in [1.807, 2.05) is 24.3 Å². The Hall–Kier alpha value is -2.15. The number of carboxylic acid groups (broad SMARTS) is 1. The van der Waals surface area contributed by atoms with Crippen LogP contribution in [0.5, 0.6) is 0 Å². The predicted molar refractivity (Wildman–Crippen MR) is 85.2 cm³/mol. The summed E-state index contributed by atoms with van der Waals surface area (Å²) in [4.78, 5) is 24.3. The van der Waals surface area contributed by atoms with Crippen molar-refractivity contribution in [2.24, 2.45) is 0 Å². The molecule has 1 heterocycles. The van der Waals surface area contributed by atoms with Gasteiger partial charge in [0, 0.05) is 24.3 Å². The minimum atomic E-state index is -0.929. The summed E-state index contributed by atoms with van der Waals surface area (Å²) in [7, 11) is 1.59. The lowest BCUT2D eigenvalue weighted by molar-refractivity contribution is -0.137. The number of aryl methyl sites for hydroxylation is 1. The molecular formula is C15H16BrN3O3. The fourth-order valence-electron chi connectivity index (χ4n) is 1.97. The van der Waals surface area contributed by atoms with Crippen molar-refractivity contribution < 1.29 is 14.7 Å². The minimum Gasteiger partial charge on any atom is -0.481 e. The molecule has 0 aliphatic heterocycles. The molecule has 7 heteroatoms. The molecule has 0 aliphatic carbocycles. The highest BCUT2D eigenvalue weighted by atomic mass is 79.9. The van der Waals surface area contributed by atoms with Gasteiger partial charge in [-0.1, -0.05) is 15.9 Å². The van der Waals surface area contributed by atoms with E-state index in [0.717, 1.165) is 10.2 Å². The van der Waals surface area contributed by atoms with E-state index in [0.29, 0.717) is 11.3 Å². The van der Waals surface area contributed by atoms with Gasteiger partial charge in [-0.25, -0.2) is 4.68 Å². The molecule has 116 valence electrons. The van der Waals surface area contributed by atoms with E-state index in [-0.39, 0.29) is 18.9 Å². The number of carboxylic acids is 1. The molecule has 2 rings (SSSR count). The first-order chi connectivity index (χ1) is 10.4. The average Bonchev–Trinajstić information content (AvgIpc) is 2.86. The first-order valence-electron chi connectivity index (χ1n) is 6.68.